The van der Waals surface area contributed by atoms with Gasteiger partial charge in [-0.25, -0.2) is 0 Å². The van der Waals surface area contributed by atoms with E-state index in [1.54, 1.807) is 0 Å². The Kier molecular flexibility index (Phi) is 3.26. The average Bonchev–Trinajstić information content (AvgIpc) is 2.75. The number of hydrogen-bond acceptors (Lipinski definition) is 4. The van der Waals surface area contributed by atoms with Gasteiger partial charge in [0.2, 0.25) is 0 Å². The maximum absolute atomic E-state index is 4.18. The molecule has 0 saturated carbocycles. The largest absolute Gasteiger partial charge is 0.383 e. The van der Waals surface area contributed by atoms with Crippen molar-refractivity contribution >= 4 is 16.6 Å². The molecule has 1 aromatic heterocycles. The van der Waals surface area contributed by atoms with Crippen LogP contribution in [0.1, 0.15) is 25.7 Å². The maximum Gasteiger partial charge on any atom is 0.0950 e. The summed E-state index contributed by atoms with van der Waals surface area (Å²) in [6.07, 6.45) is 7.29. The first-order valence-corrected chi connectivity index (χ1v) is 7.97. The third-order valence-electron chi connectivity index (χ3n) is 5.32. The molecule has 2 aliphatic rings. The molecule has 2 bridgehead atoms. The minimum absolute atomic E-state index is 0.783. The number of aromatic nitrogens is 2. The number of fused-ring (bicyclic) bond motifs is 3. The van der Waals surface area contributed by atoms with Crippen LogP contribution in [0.4, 0.5) is 5.69 Å². The summed E-state index contributed by atoms with van der Waals surface area (Å²) in [6.45, 7) is 1.05. The standard InChI is InChI=1S/C17H22N4/c1-21-13-6-7-14(21)9-12(8-13)10-18-17-11-19-20-16-5-3-2-4-15(16)17/h2-5,11-14H,6-10H2,1H3,(H,18,20). The highest BCUT2D eigenvalue weighted by Crippen LogP contribution is 2.37. The van der Waals surface area contributed by atoms with E-state index in [9.17, 15) is 0 Å². The summed E-state index contributed by atoms with van der Waals surface area (Å²) >= 11 is 0. The van der Waals surface area contributed by atoms with Gasteiger partial charge in [-0.3, -0.25) is 0 Å². The van der Waals surface area contributed by atoms with Crippen molar-refractivity contribution in [1.82, 2.24) is 15.1 Å². The van der Waals surface area contributed by atoms with Crippen LogP contribution < -0.4 is 5.32 Å². The fourth-order valence-electron chi connectivity index (χ4n) is 4.09. The Morgan fingerprint density at radius 1 is 1.19 bits per heavy atom. The van der Waals surface area contributed by atoms with E-state index >= 15 is 0 Å². The summed E-state index contributed by atoms with van der Waals surface area (Å²) < 4.78 is 0. The monoisotopic (exact) mass is 282 g/mol. The molecule has 4 rings (SSSR count). The summed E-state index contributed by atoms with van der Waals surface area (Å²) in [5, 5.41) is 13.1. The fraction of sp³-hybridized carbons (Fsp3) is 0.529. The number of nitrogens with one attached hydrogen (secondary N) is 1. The molecule has 0 radical (unpaired) electrons. The van der Waals surface area contributed by atoms with Crippen molar-refractivity contribution in [3.63, 3.8) is 0 Å². The van der Waals surface area contributed by atoms with Crippen molar-refractivity contribution in [3.8, 4) is 0 Å². The normalized spacial score (nSPS) is 28.9. The summed E-state index contributed by atoms with van der Waals surface area (Å²) in [6, 6.07) is 9.82. The van der Waals surface area contributed by atoms with Gasteiger partial charge in [0, 0.05) is 24.0 Å². The SMILES string of the molecule is CN1C2CCC1CC(CNc1cnnc3ccccc13)C2. The highest BCUT2D eigenvalue weighted by molar-refractivity contribution is 5.90. The summed E-state index contributed by atoms with van der Waals surface area (Å²) in [4.78, 5) is 2.60. The first-order chi connectivity index (χ1) is 10.3. The first-order valence-electron chi connectivity index (χ1n) is 7.97. The lowest BCUT2D eigenvalue weighted by Crippen LogP contribution is -2.41. The van der Waals surface area contributed by atoms with Gasteiger partial charge in [-0.15, -0.1) is 0 Å². The van der Waals surface area contributed by atoms with E-state index in [-0.39, 0.29) is 0 Å². The molecule has 0 aliphatic carbocycles. The molecule has 2 unspecified atom stereocenters. The molecule has 1 aromatic carbocycles. The second kappa shape index (κ2) is 5.26. The van der Waals surface area contributed by atoms with E-state index in [4.69, 9.17) is 0 Å². The summed E-state index contributed by atoms with van der Waals surface area (Å²) in [5.74, 6) is 0.783. The van der Waals surface area contributed by atoms with E-state index in [0.29, 0.717) is 0 Å². The Labute approximate surface area is 125 Å². The van der Waals surface area contributed by atoms with E-state index in [1.807, 2.05) is 18.3 Å². The lowest BCUT2D eigenvalue weighted by atomic mass is 9.91. The zero-order valence-corrected chi connectivity index (χ0v) is 12.5. The van der Waals surface area contributed by atoms with Crippen LogP contribution in [0.15, 0.2) is 30.5 Å². The molecule has 2 fully saturated rings. The molecule has 2 aliphatic heterocycles. The van der Waals surface area contributed by atoms with Gasteiger partial charge in [0.15, 0.2) is 0 Å². The van der Waals surface area contributed by atoms with Crippen molar-refractivity contribution in [2.75, 3.05) is 18.9 Å². The van der Waals surface area contributed by atoms with Gasteiger partial charge >= 0.3 is 0 Å². The van der Waals surface area contributed by atoms with Gasteiger partial charge in [-0.2, -0.15) is 10.2 Å². The number of piperidine rings is 1. The van der Waals surface area contributed by atoms with E-state index in [1.165, 1.54) is 31.1 Å². The zero-order valence-electron chi connectivity index (χ0n) is 12.5. The summed E-state index contributed by atoms with van der Waals surface area (Å²) in [7, 11) is 2.30. The molecule has 1 N–H and O–H groups in total. The summed E-state index contributed by atoms with van der Waals surface area (Å²) in [5.41, 5.74) is 2.08. The van der Waals surface area contributed by atoms with Gasteiger partial charge in [0.1, 0.15) is 0 Å². The Bertz CT molecular complexity index is 622. The van der Waals surface area contributed by atoms with Crippen molar-refractivity contribution < 1.29 is 0 Å². The third-order valence-corrected chi connectivity index (χ3v) is 5.32. The van der Waals surface area contributed by atoms with Gasteiger partial charge in [0.25, 0.3) is 0 Å². The molecule has 0 spiro atoms. The molecule has 2 aromatic rings. The number of anilines is 1. The van der Waals surface area contributed by atoms with E-state index in [0.717, 1.165) is 35.8 Å². The van der Waals surface area contributed by atoms with Crippen LogP contribution in [0.3, 0.4) is 0 Å². The lowest BCUT2D eigenvalue weighted by molar-refractivity contribution is 0.139. The van der Waals surface area contributed by atoms with Crippen LogP contribution in [-0.4, -0.2) is 40.8 Å². The fourth-order valence-corrected chi connectivity index (χ4v) is 4.09. The number of nitrogens with zero attached hydrogens (tertiary/aromatic N) is 3. The predicted octanol–water partition coefficient (Wildman–Crippen LogP) is 2.91. The second-order valence-corrected chi connectivity index (χ2v) is 6.54. The predicted molar refractivity (Wildman–Crippen MR) is 85.3 cm³/mol. The van der Waals surface area contributed by atoms with Crippen LogP contribution in [0.2, 0.25) is 0 Å². The molecule has 0 amide bonds. The lowest BCUT2D eigenvalue weighted by Gasteiger charge is -2.36. The quantitative estimate of drug-likeness (QED) is 0.940. The van der Waals surface area contributed by atoms with Gasteiger partial charge < -0.3 is 10.2 Å². The van der Waals surface area contributed by atoms with Crippen molar-refractivity contribution in [2.24, 2.45) is 5.92 Å². The van der Waals surface area contributed by atoms with Gasteiger partial charge in [0.05, 0.1) is 17.4 Å². The van der Waals surface area contributed by atoms with Gasteiger partial charge in [-0.1, -0.05) is 18.2 Å². The molecular formula is C17H22N4. The zero-order chi connectivity index (χ0) is 14.2. The molecule has 21 heavy (non-hydrogen) atoms. The smallest absolute Gasteiger partial charge is 0.0950 e. The third kappa shape index (κ3) is 2.38. The molecular weight excluding hydrogens is 260 g/mol. The Balaban J connectivity index is 1.47. The highest BCUT2D eigenvalue weighted by Gasteiger charge is 2.38. The molecule has 110 valence electrons. The van der Waals surface area contributed by atoms with Crippen LogP contribution in [0, 0.1) is 5.92 Å². The Morgan fingerprint density at radius 2 is 1.95 bits per heavy atom. The molecule has 2 saturated heterocycles. The maximum atomic E-state index is 4.18. The van der Waals surface area contributed by atoms with Crippen molar-refractivity contribution in [3.05, 3.63) is 30.5 Å². The Morgan fingerprint density at radius 3 is 2.76 bits per heavy atom. The number of hydrogen-bond donors (Lipinski definition) is 1. The number of rotatable bonds is 3. The van der Waals surface area contributed by atoms with Crippen LogP contribution in [0.5, 0.6) is 0 Å². The Hall–Kier alpha value is -1.68. The average molecular weight is 282 g/mol. The molecule has 3 heterocycles. The topological polar surface area (TPSA) is 41.0 Å². The van der Waals surface area contributed by atoms with E-state index in [2.05, 4.69) is 39.6 Å². The van der Waals surface area contributed by atoms with Crippen molar-refractivity contribution in [2.45, 2.75) is 37.8 Å². The number of benzene rings is 1. The van der Waals surface area contributed by atoms with Crippen LogP contribution >= 0.6 is 0 Å². The van der Waals surface area contributed by atoms with Crippen LogP contribution in [-0.2, 0) is 0 Å². The van der Waals surface area contributed by atoms with Crippen molar-refractivity contribution in [1.29, 1.82) is 0 Å². The molecule has 4 nitrogen and oxygen atoms in total. The van der Waals surface area contributed by atoms with Crippen LogP contribution in [0.25, 0.3) is 10.9 Å². The molecule has 2 atom stereocenters. The van der Waals surface area contributed by atoms with Gasteiger partial charge in [-0.05, 0) is 44.7 Å². The minimum Gasteiger partial charge on any atom is -0.383 e. The second-order valence-electron chi connectivity index (χ2n) is 6.54. The van der Waals surface area contributed by atoms with E-state index < -0.39 is 0 Å². The molecule has 4 heteroatoms. The minimum atomic E-state index is 0.783. The highest BCUT2D eigenvalue weighted by atomic mass is 15.2. The first kappa shape index (κ1) is 13.0.